The molecular formula is C24H29NO7. The second-order valence-corrected chi connectivity index (χ2v) is 7.10. The zero-order valence-electron chi connectivity index (χ0n) is 19.0. The highest BCUT2D eigenvalue weighted by molar-refractivity contribution is 5.72. The number of rotatable bonds is 12. The summed E-state index contributed by atoms with van der Waals surface area (Å²) in [5.74, 6) is 0.783. The van der Waals surface area contributed by atoms with Gasteiger partial charge in [-0.25, -0.2) is 0 Å². The molecule has 0 N–H and O–H groups in total. The summed E-state index contributed by atoms with van der Waals surface area (Å²) >= 11 is 0. The minimum Gasteiger partial charge on any atom is -0.460 e. The molecule has 0 fully saturated rings. The van der Waals surface area contributed by atoms with Gasteiger partial charge in [0.05, 0.1) is 4.92 Å². The van der Waals surface area contributed by atoms with Crippen LogP contribution in [0.5, 0.6) is 11.5 Å². The SMILES string of the molecule is COCOc1ccc(C=Cc2ccc(CC=C(C)C)c(OC(OC)OC)c2)cc1[N+](=O)[O-]. The average Bonchev–Trinajstić information content (AvgIpc) is 2.79. The maximum atomic E-state index is 11.4. The lowest BCUT2D eigenvalue weighted by atomic mass is 10.0. The number of nitro groups is 1. The molecule has 0 amide bonds. The molecule has 0 aliphatic heterocycles. The van der Waals surface area contributed by atoms with E-state index >= 15 is 0 Å². The Morgan fingerprint density at radius 2 is 1.66 bits per heavy atom. The van der Waals surface area contributed by atoms with E-state index in [4.69, 9.17) is 23.7 Å². The van der Waals surface area contributed by atoms with Gasteiger partial charge in [-0.3, -0.25) is 10.1 Å². The third-order valence-electron chi connectivity index (χ3n) is 4.41. The number of allylic oxidation sites excluding steroid dienone is 2. The Hall–Kier alpha value is -3.20. The lowest BCUT2D eigenvalue weighted by Gasteiger charge is -2.18. The summed E-state index contributed by atoms with van der Waals surface area (Å²) in [4.78, 5) is 10.9. The highest BCUT2D eigenvalue weighted by Crippen LogP contribution is 2.29. The maximum Gasteiger partial charge on any atom is 0.315 e. The molecule has 0 aliphatic carbocycles. The fourth-order valence-electron chi connectivity index (χ4n) is 2.78. The summed E-state index contributed by atoms with van der Waals surface area (Å²) in [5, 5.41) is 11.4. The van der Waals surface area contributed by atoms with E-state index in [1.807, 2.05) is 38.1 Å². The van der Waals surface area contributed by atoms with Crippen LogP contribution in [0.4, 0.5) is 5.69 Å². The van der Waals surface area contributed by atoms with Crippen LogP contribution < -0.4 is 9.47 Å². The third kappa shape index (κ3) is 7.49. The van der Waals surface area contributed by atoms with E-state index < -0.39 is 11.4 Å². The molecule has 0 saturated heterocycles. The van der Waals surface area contributed by atoms with Crippen molar-refractivity contribution in [3.63, 3.8) is 0 Å². The van der Waals surface area contributed by atoms with Gasteiger partial charge in [0.15, 0.2) is 12.5 Å². The Labute approximate surface area is 188 Å². The molecule has 0 heterocycles. The predicted octanol–water partition coefficient (Wildman–Crippen LogP) is 5.21. The van der Waals surface area contributed by atoms with Crippen LogP contribution in [0.1, 0.15) is 30.5 Å². The Bertz CT molecular complexity index is 961. The molecule has 2 rings (SSSR count). The van der Waals surface area contributed by atoms with Crippen molar-refractivity contribution >= 4 is 17.8 Å². The summed E-state index contributed by atoms with van der Waals surface area (Å²) in [7, 11) is 4.45. The molecule has 172 valence electrons. The van der Waals surface area contributed by atoms with E-state index in [0.29, 0.717) is 17.7 Å². The molecule has 0 unspecified atom stereocenters. The average molecular weight is 443 g/mol. The maximum absolute atomic E-state index is 11.4. The summed E-state index contributed by atoms with van der Waals surface area (Å²) in [6.45, 7) is 3.18. The molecule has 8 heteroatoms. The van der Waals surface area contributed by atoms with Crippen LogP contribution in [-0.2, 0) is 20.6 Å². The summed E-state index contributed by atoms with van der Waals surface area (Å²) in [5.41, 5.74) is 3.57. The fourth-order valence-corrected chi connectivity index (χ4v) is 2.78. The molecule has 32 heavy (non-hydrogen) atoms. The molecule has 8 nitrogen and oxygen atoms in total. The zero-order chi connectivity index (χ0) is 23.5. The standard InChI is InChI=1S/C24H29NO7/c1-17(2)6-11-20-12-9-19(15-23(20)32-24(29-4)30-5)8-7-18-10-13-22(31-16-28-3)21(14-18)25(26)27/h6-10,12-15,24H,11,16H2,1-5H3. The Kier molecular flexibility index (Phi) is 9.87. The molecule has 0 radical (unpaired) electrons. The monoisotopic (exact) mass is 443 g/mol. The van der Waals surface area contributed by atoms with Crippen molar-refractivity contribution in [3.05, 3.63) is 74.9 Å². The number of benzene rings is 2. The molecule has 0 aliphatic rings. The third-order valence-corrected chi connectivity index (χ3v) is 4.41. The number of methoxy groups -OCH3 is 3. The lowest BCUT2D eigenvalue weighted by Crippen LogP contribution is -2.21. The highest BCUT2D eigenvalue weighted by atomic mass is 16.8. The van der Waals surface area contributed by atoms with Crippen molar-refractivity contribution in [1.29, 1.82) is 0 Å². The highest BCUT2D eigenvalue weighted by Gasteiger charge is 2.15. The first kappa shape index (κ1) is 25.1. The minimum absolute atomic E-state index is 0.0676. The summed E-state index contributed by atoms with van der Waals surface area (Å²) < 4.78 is 26.3. The molecule has 2 aromatic rings. The van der Waals surface area contributed by atoms with Crippen molar-refractivity contribution in [2.45, 2.75) is 26.7 Å². The van der Waals surface area contributed by atoms with Crippen LogP contribution in [0.25, 0.3) is 12.2 Å². The second-order valence-electron chi connectivity index (χ2n) is 7.10. The van der Waals surface area contributed by atoms with Gasteiger partial charge in [-0.05, 0) is 49.1 Å². The molecule has 0 atom stereocenters. The zero-order valence-corrected chi connectivity index (χ0v) is 19.0. The number of hydrogen-bond donors (Lipinski definition) is 0. The first-order valence-electron chi connectivity index (χ1n) is 9.94. The van der Waals surface area contributed by atoms with Gasteiger partial charge in [-0.1, -0.05) is 42.0 Å². The van der Waals surface area contributed by atoms with Crippen LogP contribution in [0.2, 0.25) is 0 Å². The van der Waals surface area contributed by atoms with Crippen molar-refractivity contribution in [2.75, 3.05) is 28.1 Å². The molecule has 0 saturated carbocycles. The van der Waals surface area contributed by atoms with Gasteiger partial charge in [-0.2, -0.15) is 0 Å². The Morgan fingerprint density at radius 1 is 1.00 bits per heavy atom. The van der Waals surface area contributed by atoms with E-state index in [-0.39, 0.29) is 18.2 Å². The molecule has 0 spiro atoms. The van der Waals surface area contributed by atoms with Gasteiger partial charge in [-0.15, -0.1) is 0 Å². The van der Waals surface area contributed by atoms with E-state index in [0.717, 1.165) is 11.1 Å². The van der Waals surface area contributed by atoms with Crippen molar-refractivity contribution in [1.82, 2.24) is 0 Å². The van der Waals surface area contributed by atoms with Crippen molar-refractivity contribution < 1.29 is 28.6 Å². The van der Waals surface area contributed by atoms with Crippen LogP contribution in [0.3, 0.4) is 0 Å². The lowest BCUT2D eigenvalue weighted by molar-refractivity contribution is -0.386. The van der Waals surface area contributed by atoms with E-state index in [2.05, 4.69) is 6.08 Å². The number of hydrogen-bond acceptors (Lipinski definition) is 7. The smallest absolute Gasteiger partial charge is 0.315 e. The van der Waals surface area contributed by atoms with Crippen molar-refractivity contribution in [2.24, 2.45) is 0 Å². The van der Waals surface area contributed by atoms with Gasteiger partial charge in [0, 0.05) is 27.4 Å². The first-order valence-corrected chi connectivity index (χ1v) is 9.94. The van der Waals surface area contributed by atoms with E-state index in [1.165, 1.54) is 33.0 Å². The molecule has 0 aromatic heterocycles. The van der Waals surface area contributed by atoms with Gasteiger partial charge in [0.2, 0.25) is 0 Å². The fraction of sp³-hybridized carbons (Fsp3) is 0.333. The van der Waals surface area contributed by atoms with Crippen LogP contribution in [0, 0.1) is 10.1 Å². The summed E-state index contributed by atoms with van der Waals surface area (Å²) in [6, 6.07) is 10.5. The Morgan fingerprint density at radius 3 is 2.25 bits per heavy atom. The van der Waals surface area contributed by atoms with E-state index in [1.54, 1.807) is 18.2 Å². The predicted molar refractivity (Wildman–Crippen MR) is 123 cm³/mol. The van der Waals surface area contributed by atoms with Gasteiger partial charge >= 0.3 is 12.2 Å². The van der Waals surface area contributed by atoms with E-state index in [9.17, 15) is 10.1 Å². The number of nitrogens with zero attached hydrogens (tertiary/aromatic N) is 1. The number of ether oxygens (including phenoxy) is 5. The van der Waals surface area contributed by atoms with Gasteiger partial charge < -0.3 is 23.7 Å². The Balaban J connectivity index is 2.31. The largest absolute Gasteiger partial charge is 0.460 e. The normalized spacial score (nSPS) is 11.1. The number of nitro benzene ring substituents is 1. The topological polar surface area (TPSA) is 89.3 Å². The van der Waals surface area contributed by atoms with Crippen molar-refractivity contribution in [3.8, 4) is 11.5 Å². The molecule has 0 bridgehead atoms. The van der Waals surface area contributed by atoms with Gasteiger partial charge in [0.1, 0.15) is 5.75 Å². The summed E-state index contributed by atoms with van der Waals surface area (Å²) in [6.07, 6.45) is 6.45. The first-order chi connectivity index (χ1) is 15.4. The molecule has 2 aromatic carbocycles. The minimum atomic E-state index is -0.832. The van der Waals surface area contributed by atoms with Crippen LogP contribution in [0.15, 0.2) is 48.0 Å². The molecular weight excluding hydrogens is 414 g/mol. The second kappa shape index (κ2) is 12.6. The quantitative estimate of drug-likeness (QED) is 0.146. The van der Waals surface area contributed by atoms with Crippen LogP contribution in [-0.4, -0.2) is 39.5 Å². The van der Waals surface area contributed by atoms with Gasteiger partial charge in [0.25, 0.3) is 0 Å². The van der Waals surface area contributed by atoms with Crippen LogP contribution >= 0.6 is 0 Å².